The van der Waals surface area contributed by atoms with E-state index in [2.05, 4.69) is 30.4 Å². The van der Waals surface area contributed by atoms with E-state index in [1.54, 1.807) is 16.9 Å². The first-order chi connectivity index (χ1) is 12.3. The van der Waals surface area contributed by atoms with Gasteiger partial charge in [-0.25, -0.2) is 14.6 Å². The number of carbonyl (C=O) groups excluding carboxylic acids is 1. The van der Waals surface area contributed by atoms with Crippen LogP contribution >= 0.6 is 0 Å². The van der Waals surface area contributed by atoms with Crippen LogP contribution in [0.5, 0.6) is 0 Å². The first kappa shape index (κ1) is 15.3. The van der Waals surface area contributed by atoms with Gasteiger partial charge in [-0.05, 0) is 18.9 Å². The third-order valence-corrected chi connectivity index (χ3v) is 4.18. The largest absolute Gasteiger partial charge is 0.363 e. The Balaban J connectivity index is 1.48. The highest BCUT2D eigenvalue weighted by atomic mass is 16.5. The van der Waals surface area contributed by atoms with Crippen molar-refractivity contribution in [3.05, 3.63) is 43.2 Å². The van der Waals surface area contributed by atoms with E-state index >= 15 is 0 Å². The Labute approximate surface area is 143 Å². The maximum absolute atomic E-state index is 12.4. The van der Waals surface area contributed by atoms with Gasteiger partial charge in [-0.3, -0.25) is 4.79 Å². The fourth-order valence-electron chi connectivity index (χ4n) is 2.94. The molecule has 0 saturated carbocycles. The van der Waals surface area contributed by atoms with Crippen LogP contribution < -0.4 is 10.2 Å². The summed E-state index contributed by atoms with van der Waals surface area (Å²) < 4.78 is 6.43. The number of anilines is 2. The monoisotopic (exact) mass is 339 g/mol. The Hall–Kier alpha value is -3.23. The molecule has 3 aromatic rings. The molecule has 0 unspecified atom stereocenters. The van der Waals surface area contributed by atoms with Crippen LogP contribution in [-0.4, -0.2) is 43.9 Å². The molecule has 4 rings (SSSR count). The highest BCUT2D eigenvalue weighted by Gasteiger charge is 2.27. The summed E-state index contributed by atoms with van der Waals surface area (Å²) >= 11 is 0. The predicted octanol–water partition coefficient (Wildman–Crippen LogP) is 1.51. The molecule has 0 radical (unpaired) electrons. The SMILES string of the molecule is O=C(Nc1ccon1)[C@H]1CCCN(c2cc(-n3cccn3)ncn2)C1. The zero-order valence-corrected chi connectivity index (χ0v) is 13.4. The molecule has 25 heavy (non-hydrogen) atoms. The Morgan fingerprint density at radius 3 is 3.04 bits per heavy atom. The minimum absolute atomic E-state index is 0.0556. The van der Waals surface area contributed by atoms with Gasteiger partial charge in [0.05, 0.1) is 5.92 Å². The summed E-state index contributed by atoms with van der Waals surface area (Å²) in [5.41, 5.74) is 0. The van der Waals surface area contributed by atoms with Gasteiger partial charge in [0, 0.05) is 37.6 Å². The number of rotatable bonds is 4. The topological polar surface area (TPSA) is 102 Å². The molecule has 1 fully saturated rings. The van der Waals surface area contributed by atoms with Crippen molar-refractivity contribution < 1.29 is 9.32 Å². The Morgan fingerprint density at radius 1 is 1.32 bits per heavy atom. The van der Waals surface area contributed by atoms with Gasteiger partial charge in [0.15, 0.2) is 11.6 Å². The van der Waals surface area contributed by atoms with Crippen molar-refractivity contribution in [1.82, 2.24) is 24.9 Å². The van der Waals surface area contributed by atoms with E-state index < -0.39 is 0 Å². The summed E-state index contributed by atoms with van der Waals surface area (Å²) in [5, 5.41) is 10.7. The van der Waals surface area contributed by atoms with Gasteiger partial charge >= 0.3 is 0 Å². The van der Waals surface area contributed by atoms with Crippen LogP contribution in [0.1, 0.15) is 12.8 Å². The summed E-state index contributed by atoms with van der Waals surface area (Å²) in [5.74, 6) is 1.74. The molecular formula is C16H17N7O2. The van der Waals surface area contributed by atoms with Crippen molar-refractivity contribution in [2.75, 3.05) is 23.3 Å². The van der Waals surface area contributed by atoms with Gasteiger partial charge in [-0.15, -0.1) is 0 Å². The summed E-state index contributed by atoms with van der Waals surface area (Å²) in [4.78, 5) is 23.1. The zero-order valence-electron chi connectivity index (χ0n) is 13.4. The van der Waals surface area contributed by atoms with Crippen LogP contribution in [0.4, 0.5) is 11.6 Å². The second-order valence-electron chi connectivity index (χ2n) is 5.84. The standard InChI is InChI=1S/C16H17N7O2/c24-16(20-13-4-8-25-21-13)12-3-1-6-22(10-12)14-9-15(18-11-17-14)23-7-2-5-19-23/h2,4-5,7-9,11-12H,1,3,6,10H2,(H,20,21,24)/t12-/m0/s1. The van der Waals surface area contributed by atoms with Gasteiger partial charge in [0.2, 0.25) is 5.91 Å². The Morgan fingerprint density at radius 2 is 2.24 bits per heavy atom. The molecule has 1 amide bonds. The molecule has 3 aromatic heterocycles. The lowest BCUT2D eigenvalue weighted by molar-refractivity contribution is -0.120. The van der Waals surface area contributed by atoms with Crippen LogP contribution in [0.25, 0.3) is 5.82 Å². The van der Waals surface area contributed by atoms with E-state index in [1.165, 1.54) is 12.6 Å². The van der Waals surface area contributed by atoms with Crippen LogP contribution in [0.15, 0.2) is 47.7 Å². The molecule has 1 aliphatic heterocycles. The molecule has 0 bridgehead atoms. The molecule has 0 aromatic carbocycles. The molecule has 9 heteroatoms. The van der Waals surface area contributed by atoms with Crippen LogP contribution in [0.2, 0.25) is 0 Å². The Kier molecular flexibility index (Phi) is 4.11. The summed E-state index contributed by atoms with van der Waals surface area (Å²) in [6.45, 7) is 1.45. The summed E-state index contributed by atoms with van der Waals surface area (Å²) in [6, 6.07) is 5.34. The maximum Gasteiger partial charge on any atom is 0.230 e. The van der Waals surface area contributed by atoms with Crippen LogP contribution in [-0.2, 0) is 4.79 Å². The molecule has 9 nitrogen and oxygen atoms in total. The van der Waals surface area contributed by atoms with Gasteiger partial charge in [0.25, 0.3) is 0 Å². The maximum atomic E-state index is 12.4. The van der Waals surface area contributed by atoms with Crippen molar-refractivity contribution in [1.29, 1.82) is 0 Å². The second kappa shape index (κ2) is 6.71. The molecule has 1 saturated heterocycles. The summed E-state index contributed by atoms with van der Waals surface area (Å²) in [6.07, 6.45) is 8.23. The third kappa shape index (κ3) is 3.35. The van der Waals surface area contributed by atoms with Gasteiger partial charge in [-0.1, -0.05) is 5.16 Å². The fourth-order valence-corrected chi connectivity index (χ4v) is 2.94. The third-order valence-electron chi connectivity index (χ3n) is 4.18. The number of piperidine rings is 1. The highest BCUT2D eigenvalue weighted by molar-refractivity contribution is 5.92. The van der Waals surface area contributed by atoms with E-state index in [1.807, 2.05) is 18.3 Å². The average molecular weight is 339 g/mol. The van der Waals surface area contributed by atoms with Crippen molar-refractivity contribution >= 4 is 17.5 Å². The van der Waals surface area contributed by atoms with Crippen molar-refractivity contribution in [3.63, 3.8) is 0 Å². The molecule has 0 aliphatic carbocycles. The van der Waals surface area contributed by atoms with Crippen LogP contribution in [0.3, 0.4) is 0 Å². The number of hydrogen-bond donors (Lipinski definition) is 1. The number of nitrogens with zero attached hydrogens (tertiary/aromatic N) is 6. The van der Waals surface area contributed by atoms with E-state index in [-0.39, 0.29) is 11.8 Å². The quantitative estimate of drug-likeness (QED) is 0.768. The Bertz CT molecular complexity index is 832. The second-order valence-corrected chi connectivity index (χ2v) is 5.84. The van der Waals surface area contributed by atoms with Crippen molar-refractivity contribution in [3.8, 4) is 5.82 Å². The normalized spacial score (nSPS) is 17.4. The number of hydrogen-bond acceptors (Lipinski definition) is 7. The van der Waals surface area contributed by atoms with E-state index in [4.69, 9.17) is 4.52 Å². The van der Waals surface area contributed by atoms with Crippen LogP contribution in [0, 0.1) is 5.92 Å². The minimum Gasteiger partial charge on any atom is -0.363 e. The number of amides is 1. The zero-order chi connectivity index (χ0) is 17.1. The van der Waals surface area contributed by atoms with Crippen molar-refractivity contribution in [2.24, 2.45) is 5.92 Å². The number of nitrogens with one attached hydrogen (secondary N) is 1. The van der Waals surface area contributed by atoms with Crippen molar-refractivity contribution in [2.45, 2.75) is 12.8 Å². The minimum atomic E-state index is -0.131. The van der Waals surface area contributed by atoms with E-state index in [9.17, 15) is 4.79 Å². The highest BCUT2D eigenvalue weighted by Crippen LogP contribution is 2.23. The molecule has 4 heterocycles. The van der Waals surface area contributed by atoms with E-state index in [0.717, 1.165) is 25.2 Å². The lowest BCUT2D eigenvalue weighted by Gasteiger charge is -2.32. The van der Waals surface area contributed by atoms with Gasteiger partial charge in [0.1, 0.15) is 18.4 Å². The van der Waals surface area contributed by atoms with Gasteiger partial charge < -0.3 is 14.7 Å². The van der Waals surface area contributed by atoms with Gasteiger partial charge in [-0.2, -0.15) is 5.10 Å². The first-order valence-corrected chi connectivity index (χ1v) is 8.08. The molecule has 128 valence electrons. The predicted molar refractivity (Wildman–Crippen MR) is 89.2 cm³/mol. The molecule has 0 spiro atoms. The number of carbonyl (C=O) groups is 1. The molecule has 1 atom stereocenters. The fraction of sp³-hybridized carbons (Fsp3) is 0.312. The summed E-state index contributed by atoms with van der Waals surface area (Å²) in [7, 11) is 0. The first-order valence-electron chi connectivity index (χ1n) is 8.08. The average Bonchev–Trinajstić information content (AvgIpc) is 3.36. The molecule has 1 aliphatic rings. The number of aromatic nitrogens is 5. The smallest absolute Gasteiger partial charge is 0.230 e. The molecule has 1 N–H and O–H groups in total. The lowest BCUT2D eigenvalue weighted by atomic mass is 9.97. The van der Waals surface area contributed by atoms with E-state index in [0.29, 0.717) is 18.2 Å². The molecular weight excluding hydrogens is 322 g/mol. The lowest BCUT2D eigenvalue weighted by Crippen LogP contribution is -2.41.